The molecule has 0 saturated carbocycles. The first kappa shape index (κ1) is 16.5. The van der Waals surface area contributed by atoms with E-state index in [1.165, 1.54) is 6.33 Å². The fourth-order valence-corrected chi connectivity index (χ4v) is 3.06. The Morgan fingerprint density at radius 2 is 1.88 bits per heavy atom. The molecule has 126 valence electrons. The molecule has 1 saturated heterocycles. The third-order valence-corrected chi connectivity index (χ3v) is 4.24. The molecule has 0 radical (unpaired) electrons. The Kier molecular flexibility index (Phi) is 4.82. The van der Waals surface area contributed by atoms with Gasteiger partial charge in [0.1, 0.15) is 18.0 Å². The molecule has 0 bridgehead atoms. The van der Waals surface area contributed by atoms with Gasteiger partial charge in [0.2, 0.25) is 0 Å². The van der Waals surface area contributed by atoms with Crippen LogP contribution < -0.4 is 16.4 Å². The molecule has 7 nitrogen and oxygen atoms in total. The van der Waals surface area contributed by atoms with Gasteiger partial charge in [0.25, 0.3) is 0 Å². The summed E-state index contributed by atoms with van der Waals surface area (Å²) in [6, 6.07) is 5.79. The Bertz CT molecular complexity index is 753. The SMILES string of the molecule is CN=C(c1ccc(N2CCOCC2)c(Cl)c1)c1c(N)ncnc1N. The zero-order valence-corrected chi connectivity index (χ0v) is 14.1. The van der Waals surface area contributed by atoms with Crippen LogP contribution in [0, 0.1) is 0 Å². The maximum Gasteiger partial charge on any atom is 0.138 e. The molecule has 0 spiro atoms. The fourth-order valence-electron chi connectivity index (χ4n) is 2.76. The van der Waals surface area contributed by atoms with E-state index >= 15 is 0 Å². The van der Waals surface area contributed by atoms with Crippen LogP contribution >= 0.6 is 11.6 Å². The normalized spacial score (nSPS) is 15.6. The molecule has 3 rings (SSSR count). The molecule has 4 N–H and O–H groups in total. The third-order valence-electron chi connectivity index (χ3n) is 3.94. The molecule has 8 heteroatoms. The molecule has 0 unspecified atom stereocenters. The predicted molar refractivity (Wildman–Crippen MR) is 96.9 cm³/mol. The van der Waals surface area contributed by atoms with Crippen molar-refractivity contribution < 1.29 is 4.74 Å². The van der Waals surface area contributed by atoms with Gasteiger partial charge in [0, 0.05) is 25.7 Å². The smallest absolute Gasteiger partial charge is 0.138 e. The summed E-state index contributed by atoms with van der Waals surface area (Å²) in [7, 11) is 1.67. The lowest BCUT2D eigenvalue weighted by Gasteiger charge is -2.29. The van der Waals surface area contributed by atoms with Gasteiger partial charge >= 0.3 is 0 Å². The second-order valence-corrected chi connectivity index (χ2v) is 5.76. The number of hydrogen-bond acceptors (Lipinski definition) is 7. The highest BCUT2D eigenvalue weighted by Crippen LogP contribution is 2.29. The zero-order valence-electron chi connectivity index (χ0n) is 13.4. The first-order valence-corrected chi connectivity index (χ1v) is 7.95. The predicted octanol–water partition coefficient (Wildman–Crippen LogP) is 1.60. The van der Waals surface area contributed by atoms with Gasteiger partial charge in [0.05, 0.1) is 35.2 Å². The lowest BCUT2D eigenvalue weighted by molar-refractivity contribution is 0.122. The topological polar surface area (TPSA) is 103 Å². The average molecular weight is 347 g/mol. The summed E-state index contributed by atoms with van der Waals surface area (Å²) in [4.78, 5) is 14.5. The van der Waals surface area contributed by atoms with Gasteiger partial charge < -0.3 is 21.1 Å². The van der Waals surface area contributed by atoms with Gasteiger partial charge in [-0.3, -0.25) is 4.99 Å². The summed E-state index contributed by atoms with van der Waals surface area (Å²) in [5, 5.41) is 0.643. The van der Waals surface area contributed by atoms with Crippen LogP contribution in [0.5, 0.6) is 0 Å². The highest BCUT2D eigenvalue weighted by Gasteiger charge is 2.19. The van der Waals surface area contributed by atoms with Crippen LogP contribution in [0.4, 0.5) is 17.3 Å². The van der Waals surface area contributed by atoms with Crippen molar-refractivity contribution in [1.82, 2.24) is 9.97 Å². The number of aromatic nitrogens is 2. The van der Waals surface area contributed by atoms with E-state index in [-0.39, 0.29) is 11.6 Å². The van der Waals surface area contributed by atoms with Crippen molar-refractivity contribution in [3.05, 3.63) is 40.7 Å². The molecule has 1 aliphatic heterocycles. The second-order valence-electron chi connectivity index (χ2n) is 5.36. The number of nitrogen functional groups attached to an aromatic ring is 2. The van der Waals surface area contributed by atoms with Gasteiger partial charge in [-0.15, -0.1) is 0 Å². The highest BCUT2D eigenvalue weighted by atomic mass is 35.5. The maximum absolute atomic E-state index is 6.50. The van der Waals surface area contributed by atoms with Gasteiger partial charge in [-0.2, -0.15) is 0 Å². The summed E-state index contributed by atoms with van der Waals surface area (Å²) >= 11 is 6.50. The summed E-state index contributed by atoms with van der Waals surface area (Å²) in [6.07, 6.45) is 1.33. The van der Waals surface area contributed by atoms with Crippen LogP contribution in [-0.2, 0) is 4.74 Å². The largest absolute Gasteiger partial charge is 0.383 e. The highest BCUT2D eigenvalue weighted by molar-refractivity contribution is 6.34. The minimum Gasteiger partial charge on any atom is -0.383 e. The molecule has 0 aliphatic carbocycles. The Hall–Kier alpha value is -2.38. The monoisotopic (exact) mass is 346 g/mol. The van der Waals surface area contributed by atoms with Gasteiger partial charge in [-0.05, 0) is 12.1 Å². The van der Waals surface area contributed by atoms with Crippen LogP contribution in [0.2, 0.25) is 5.02 Å². The van der Waals surface area contributed by atoms with E-state index in [2.05, 4.69) is 19.9 Å². The van der Waals surface area contributed by atoms with Crippen molar-refractivity contribution in [3.63, 3.8) is 0 Å². The molecule has 1 aliphatic rings. The van der Waals surface area contributed by atoms with E-state index in [9.17, 15) is 0 Å². The van der Waals surface area contributed by atoms with Crippen molar-refractivity contribution in [2.24, 2.45) is 4.99 Å². The van der Waals surface area contributed by atoms with E-state index in [0.29, 0.717) is 29.5 Å². The minimum absolute atomic E-state index is 0.288. The molecule has 2 aromatic rings. The fraction of sp³-hybridized carbons (Fsp3) is 0.312. The summed E-state index contributed by atoms with van der Waals surface area (Å²) < 4.78 is 5.38. The summed E-state index contributed by atoms with van der Waals surface area (Å²) in [6.45, 7) is 3.04. The Balaban J connectivity index is 1.98. The van der Waals surface area contributed by atoms with E-state index in [0.717, 1.165) is 24.3 Å². The number of halogens is 1. The molecular weight excluding hydrogens is 328 g/mol. The van der Waals surface area contributed by atoms with Crippen LogP contribution in [0.1, 0.15) is 11.1 Å². The molecule has 1 aromatic heterocycles. The van der Waals surface area contributed by atoms with Gasteiger partial charge in [-0.1, -0.05) is 17.7 Å². The number of ether oxygens (including phenoxy) is 1. The number of rotatable bonds is 3. The van der Waals surface area contributed by atoms with Crippen LogP contribution in [0.3, 0.4) is 0 Å². The van der Waals surface area contributed by atoms with E-state index in [4.69, 9.17) is 27.8 Å². The van der Waals surface area contributed by atoms with Crippen LogP contribution in [0.15, 0.2) is 29.5 Å². The summed E-state index contributed by atoms with van der Waals surface area (Å²) in [5.74, 6) is 0.577. The molecule has 1 aromatic carbocycles. The van der Waals surface area contributed by atoms with E-state index in [1.54, 1.807) is 7.05 Å². The molecular formula is C16H19ClN6O. The average Bonchev–Trinajstić information content (AvgIpc) is 2.59. The Morgan fingerprint density at radius 1 is 1.21 bits per heavy atom. The van der Waals surface area contributed by atoms with E-state index < -0.39 is 0 Å². The van der Waals surface area contributed by atoms with Crippen molar-refractivity contribution in [3.8, 4) is 0 Å². The standard InChI is InChI=1S/C16H19ClN6O/c1-20-14(13-15(18)21-9-22-16(13)19)10-2-3-12(11(17)8-10)23-4-6-24-7-5-23/h2-3,8-9H,4-7H2,1H3,(H4,18,19,21,22). The zero-order chi connectivity index (χ0) is 17.1. The number of benzene rings is 1. The second kappa shape index (κ2) is 7.02. The lowest BCUT2D eigenvalue weighted by Crippen LogP contribution is -2.36. The quantitative estimate of drug-likeness (QED) is 0.818. The number of morpholine rings is 1. The number of nitrogens with two attached hydrogens (primary N) is 2. The van der Waals surface area contributed by atoms with Crippen LogP contribution in [0.25, 0.3) is 0 Å². The first-order valence-electron chi connectivity index (χ1n) is 7.57. The van der Waals surface area contributed by atoms with Crippen LogP contribution in [-0.4, -0.2) is 49.0 Å². The van der Waals surface area contributed by atoms with Crippen molar-refractivity contribution >= 4 is 34.6 Å². The molecule has 0 amide bonds. The van der Waals surface area contributed by atoms with Crippen molar-refractivity contribution in [1.29, 1.82) is 0 Å². The summed E-state index contributed by atoms with van der Waals surface area (Å²) in [5.41, 5.74) is 14.8. The number of anilines is 3. The molecule has 1 fully saturated rings. The number of aliphatic imine (C=N–C) groups is 1. The minimum atomic E-state index is 0.288. The van der Waals surface area contributed by atoms with Crippen molar-refractivity contribution in [2.45, 2.75) is 0 Å². The number of nitrogens with zero attached hydrogens (tertiary/aromatic N) is 4. The lowest BCUT2D eigenvalue weighted by atomic mass is 10.0. The van der Waals surface area contributed by atoms with Gasteiger partial charge in [0.15, 0.2) is 0 Å². The maximum atomic E-state index is 6.50. The molecule has 24 heavy (non-hydrogen) atoms. The third kappa shape index (κ3) is 3.13. The molecule has 2 heterocycles. The molecule has 0 atom stereocenters. The van der Waals surface area contributed by atoms with E-state index in [1.807, 2.05) is 18.2 Å². The first-order chi connectivity index (χ1) is 11.6. The van der Waals surface area contributed by atoms with Gasteiger partial charge in [-0.25, -0.2) is 9.97 Å². The van der Waals surface area contributed by atoms with Crippen molar-refractivity contribution in [2.75, 3.05) is 49.7 Å². The Morgan fingerprint density at radius 3 is 2.46 bits per heavy atom. The Labute approximate surface area is 145 Å². The number of hydrogen-bond donors (Lipinski definition) is 2.